The van der Waals surface area contributed by atoms with Gasteiger partial charge in [-0.3, -0.25) is 19.7 Å². The van der Waals surface area contributed by atoms with Crippen molar-refractivity contribution in [1.82, 2.24) is 0 Å². The lowest BCUT2D eigenvalue weighted by molar-refractivity contribution is -0.385. The molecule has 21 heavy (non-hydrogen) atoms. The van der Waals surface area contributed by atoms with Crippen LogP contribution in [0.15, 0.2) is 22.7 Å². The second kappa shape index (κ2) is 8.35. The number of nitro benzene ring substituents is 1. The van der Waals surface area contributed by atoms with Gasteiger partial charge in [0.25, 0.3) is 5.69 Å². The summed E-state index contributed by atoms with van der Waals surface area (Å²) < 4.78 is 10.4. The monoisotopic (exact) mass is 359 g/mol. The molecule has 0 heterocycles. The second-order valence-corrected chi connectivity index (χ2v) is 4.95. The van der Waals surface area contributed by atoms with Gasteiger partial charge in [0, 0.05) is 17.0 Å². The van der Waals surface area contributed by atoms with E-state index in [0.717, 1.165) is 0 Å². The van der Waals surface area contributed by atoms with E-state index >= 15 is 0 Å². The number of Topliss-reactive ketones (excluding diaryl/α,β-unsaturated/α-hetero) is 1. The Morgan fingerprint density at radius 3 is 2.62 bits per heavy atom. The quantitative estimate of drug-likeness (QED) is 0.402. The highest BCUT2D eigenvalue weighted by Gasteiger charge is 2.12. The Labute approximate surface area is 129 Å². The minimum atomic E-state index is -0.555. The third kappa shape index (κ3) is 6.35. The fourth-order valence-corrected chi connectivity index (χ4v) is 1.91. The van der Waals surface area contributed by atoms with Crippen molar-refractivity contribution in [3.8, 4) is 5.75 Å². The number of benzene rings is 1. The van der Waals surface area contributed by atoms with Crippen molar-refractivity contribution in [3.05, 3.63) is 32.8 Å². The smallest absolute Gasteiger partial charge is 0.306 e. The van der Waals surface area contributed by atoms with E-state index in [4.69, 9.17) is 9.47 Å². The van der Waals surface area contributed by atoms with Crippen LogP contribution in [0.4, 0.5) is 5.69 Å². The van der Waals surface area contributed by atoms with Crippen LogP contribution in [0.1, 0.15) is 19.8 Å². The van der Waals surface area contributed by atoms with Crippen LogP contribution >= 0.6 is 15.9 Å². The number of rotatable bonds is 8. The first-order valence-corrected chi connectivity index (χ1v) is 6.96. The lowest BCUT2D eigenvalue weighted by Crippen LogP contribution is -2.14. The Bertz CT molecular complexity index is 545. The van der Waals surface area contributed by atoms with E-state index in [-0.39, 0.29) is 43.3 Å². The van der Waals surface area contributed by atoms with Crippen LogP contribution in [-0.2, 0) is 14.3 Å². The lowest BCUT2D eigenvalue weighted by atomic mass is 10.2. The number of non-ortho nitro benzene ring substituents is 1. The summed E-state index contributed by atoms with van der Waals surface area (Å²) in [6.45, 7) is 1.70. The number of hydrogen-bond acceptors (Lipinski definition) is 6. The minimum Gasteiger partial charge on any atom is -0.486 e. The van der Waals surface area contributed by atoms with Crippen LogP contribution in [0.3, 0.4) is 0 Å². The molecule has 7 nitrogen and oxygen atoms in total. The molecule has 114 valence electrons. The average molecular weight is 360 g/mol. The fraction of sp³-hybridized carbons (Fsp3) is 0.385. The molecule has 0 spiro atoms. The van der Waals surface area contributed by atoms with Gasteiger partial charge in [0.15, 0.2) is 5.78 Å². The van der Waals surface area contributed by atoms with Crippen LogP contribution in [0, 0.1) is 10.1 Å². The first kappa shape index (κ1) is 17.1. The molecular formula is C13H14BrNO6. The van der Waals surface area contributed by atoms with Crippen molar-refractivity contribution in [3.63, 3.8) is 0 Å². The van der Waals surface area contributed by atoms with Crippen LogP contribution in [-0.4, -0.2) is 29.9 Å². The molecule has 0 radical (unpaired) electrons. The second-order valence-electron chi connectivity index (χ2n) is 4.03. The maximum Gasteiger partial charge on any atom is 0.306 e. The summed E-state index contributed by atoms with van der Waals surface area (Å²) in [6, 6.07) is 4.07. The Kier molecular flexibility index (Phi) is 6.80. The van der Waals surface area contributed by atoms with E-state index in [1.807, 2.05) is 0 Å². The summed E-state index contributed by atoms with van der Waals surface area (Å²) in [4.78, 5) is 32.8. The van der Waals surface area contributed by atoms with Gasteiger partial charge in [-0.15, -0.1) is 0 Å². The number of hydrogen-bond donors (Lipinski definition) is 0. The standard InChI is InChI=1S/C13H14BrNO6/c1-2-20-13(17)4-3-11(16)8-21-12-6-9(14)5-10(7-12)15(18)19/h5-7H,2-4,8H2,1H3. The van der Waals surface area contributed by atoms with Crippen molar-refractivity contribution in [1.29, 1.82) is 0 Å². The van der Waals surface area contributed by atoms with Crippen molar-refractivity contribution < 1.29 is 24.0 Å². The number of esters is 1. The molecule has 0 atom stereocenters. The average Bonchev–Trinajstić information content (AvgIpc) is 2.42. The molecule has 8 heteroatoms. The Balaban J connectivity index is 2.49. The zero-order valence-corrected chi connectivity index (χ0v) is 12.9. The number of nitrogens with zero attached hydrogens (tertiary/aromatic N) is 1. The lowest BCUT2D eigenvalue weighted by Gasteiger charge is -2.06. The summed E-state index contributed by atoms with van der Waals surface area (Å²) in [5, 5.41) is 10.7. The number of nitro groups is 1. The molecule has 1 aromatic carbocycles. The number of carbonyl (C=O) groups is 2. The molecule has 0 aliphatic carbocycles. The van der Waals surface area contributed by atoms with Gasteiger partial charge in [-0.1, -0.05) is 15.9 Å². The van der Waals surface area contributed by atoms with Crippen molar-refractivity contribution in [2.24, 2.45) is 0 Å². The predicted octanol–water partition coefficient (Wildman–Crippen LogP) is 2.65. The van der Waals surface area contributed by atoms with Crippen LogP contribution < -0.4 is 4.74 Å². The molecule has 0 aliphatic rings. The van der Waals surface area contributed by atoms with Gasteiger partial charge in [-0.25, -0.2) is 0 Å². The zero-order valence-electron chi connectivity index (χ0n) is 11.3. The topological polar surface area (TPSA) is 95.7 Å². The Morgan fingerprint density at radius 1 is 1.29 bits per heavy atom. The van der Waals surface area contributed by atoms with E-state index in [0.29, 0.717) is 4.47 Å². The van der Waals surface area contributed by atoms with Gasteiger partial charge in [0.1, 0.15) is 12.4 Å². The molecule has 1 aromatic rings. The van der Waals surface area contributed by atoms with Crippen LogP contribution in [0.25, 0.3) is 0 Å². The molecule has 0 saturated heterocycles. The zero-order chi connectivity index (χ0) is 15.8. The molecule has 0 aliphatic heterocycles. The summed E-state index contributed by atoms with van der Waals surface area (Å²) in [5.74, 6) is -0.518. The summed E-state index contributed by atoms with van der Waals surface area (Å²) in [6.07, 6.45) is 0.00357. The van der Waals surface area contributed by atoms with Crippen molar-refractivity contribution in [2.45, 2.75) is 19.8 Å². The molecular weight excluding hydrogens is 346 g/mol. The molecule has 0 aromatic heterocycles. The molecule has 0 bridgehead atoms. The van der Waals surface area contributed by atoms with Crippen molar-refractivity contribution >= 4 is 33.4 Å². The Morgan fingerprint density at radius 2 is 2.00 bits per heavy atom. The fourth-order valence-electron chi connectivity index (χ4n) is 1.45. The molecule has 0 fully saturated rings. The summed E-state index contributed by atoms with van der Waals surface area (Å²) >= 11 is 3.12. The SMILES string of the molecule is CCOC(=O)CCC(=O)COc1cc(Br)cc([N+](=O)[O-])c1. The molecule has 0 saturated carbocycles. The summed E-state index contributed by atoms with van der Waals surface area (Å²) in [5.41, 5.74) is -0.140. The maximum absolute atomic E-state index is 11.6. The summed E-state index contributed by atoms with van der Waals surface area (Å²) in [7, 11) is 0. The molecule has 0 N–H and O–H groups in total. The first-order chi connectivity index (χ1) is 9.92. The third-order valence-corrected chi connectivity index (χ3v) is 2.84. The molecule has 0 amide bonds. The molecule has 1 rings (SSSR count). The van der Waals surface area contributed by atoms with Gasteiger partial charge in [-0.05, 0) is 13.0 Å². The van der Waals surface area contributed by atoms with E-state index < -0.39 is 10.9 Å². The number of ether oxygens (including phenoxy) is 2. The van der Waals surface area contributed by atoms with Gasteiger partial charge in [-0.2, -0.15) is 0 Å². The number of halogens is 1. The molecule has 0 unspecified atom stereocenters. The first-order valence-electron chi connectivity index (χ1n) is 6.17. The van der Waals surface area contributed by atoms with Crippen LogP contribution in [0.5, 0.6) is 5.75 Å². The highest BCUT2D eigenvalue weighted by molar-refractivity contribution is 9.10. The van der Waals surface area contributed by atoms with E-state index in [2.05, 4.69) is 15.9 Å². The van der Waals surface area contributed by atoms with E-state index in [9.17, 15) is 19.7 Å². The van der Waals surface area contributed by atoms with Gasteiger partial charge >= 0.3 is 5.97 Å². The van der Waals surface area contributed by atoms with Gasteiger partial charge in [0.2, 0.25) is 0 Å². The van der Waals surface area contributed by atoms with E-state index in [1.54, 1.807) is 6.92 Å². The Hall–Kier alpha value is -1.96. The number of carbonyl (C=O) groups excluding carboxylic acids is 2. The van der Waals surface area contributed by atoms with Crippen LogP contribution in [0.2, 0.25) is 0 Å². The minimum absolute atomic E-state index is 0.00529. The normalized spacial score (nSPS) is 10.0. The highest BCUT2D eigenvalue weighted by Crippen LogP contribution is 2.26. The van der Waals surface area contributed by atoms with Gasteiger partial charge < -0.3 is 9.47 Å². The predicted molar refractivity (Wildman–Crippen MR) is 77.2 cm³/mol. The highest BCUT2D eigenvalue weighted by atomic mass is 79.9. The van der Waals surface area contributed by atoms with E-state index in [1.165, 1.54) is 18.2 Å². The van der Waals surface area contributed by atoms with Crippen molar-refractivity contribution in [2.75, 3.05) is 13.2 Å². The number of ketones is 1. The largest absolute Gasteiger partial charge is 0.486 e. The third-order valence-electron chi connectivity index (χ3n) is 2.38. The van der Waals surface area contributed by atoms with Gasteiger partial charge in [0.05, 0.1) is 24.0 Å². The maximum atomic E-state index is 11.6.